The third kappa shape index (κ3) is 3.04. The van der Waals surface area contributed by atoms with Crippen molar-refractivity contribution in [3.8, 4) is 0 Å². The van der Waals surface area contributed by atoms with Gasteiger partial charge in [-0.3, -0.25) is 4.79 Å². The molecule has 0 saturated carbocycles. The highest BCUT2D eigenvalue weighted by Crippen LogP contribution is 2.30. The molecule has 23 heavy (non-hydrogen) atoms. The van der Waals surface area contributed by atoms with E-state index in [2.05, 4.69) is 25.2 Å². The molecule has 0 aliphatic carbocycles. The number of aromatic nitrogens is 3. The summed E-state index contributed by atoms with van der Waals surface area (Å²) in [5, 5.41) is 6.37. The van der Waals surface area contributed by atoms with Crippen LogP contribution in [0.25, 0.3) is 10.3 Å². The smallest absolute Gasteiger partial charge is 0.231 e. The average Bonchev–Trinajstić information content (AvgIpc) is 3.24. The molecule has 0 aromatic carbocycles. The van der Waals surface area contributed by atoms with Gasteiger partial charge in [-0.15, -0.1) is 11.3 Å². The first-order valence-corrected chi connectivity index (χ1v) is 9.16. The molecule has 1 amide bonds. The molecule has 8 heteroatoms. The number of piperidine rings is 1. The summed E-state index contributed by atoms with van der Waals surface area (Å²) in [4.78, 5) is 28.7. The molecule has 3 aromatic heterocycles. The summed E-state index contributed by atoms with van der Waals surface area (Å²) in [7, 11) is 0. The summed E-state index contributed by atoms with van der Waals surface area (Å²) in [5.41, 5.74) is 0.918. The Morgan fingerprint density at radius 1 is 1.35 bits per heavy atom. The van der Waals surface area contributed by atoms with E-state index >= 15 is 0 Å². The fourth-order valence-corrected chi connectivity index (χ4v) is 4.23. The van der Waals surface area contributed by atoms with Crippen LogP contribution in [-0.4, -0.2) is 33.9 Å². The first-order valence-electron chi connectivity index (χ1n) is 7.46. The Morgan fingerprint density at radius 2 is 2.30 bits per heavy atom. The zero-order chi connectivity index (χ0) is 15.6. The molecule has 118 valence electrons. The Balaban J connectivity index is 1.49. The van der Waals surface area contributed by atoms with Gasteiger partial charge in [-0.05, 0) is 25.0 Å². The number of hydrogen-bond acceptors (Lipinski definition) is 7. The van der Waals surface area contributed by atoms with Crippen LogP contribution >= 0.6 is 22.7 Å². The first kappa shape index (κ1) is 14.5. The van der Waals surface area contributed by atoms with E-state index in [0.29, 0.717) is 11.7 Å². The zero-order valence-electron chi connectivity index (χ0n) is 12.3. The maximum absolute atomic E-state index is 12.4. The Kier molecular flexibility index (Phi) is 3.92. The van der Waals surface area contributed by atoms with E-state index in [0.717, 1.165) is 34.9 Å². The second-order valence-electron chi connectivity index (χ2n) is 5.44. The Labute approximate surface area is 141 Å². The normalized spacial score (nSPS) is 18.3. The van der Waals surface area contributed by atoms with Gasteiger partial charge in [0.05, 0.1) is 5.92 Å². The van der Waals surface area contributed by atoms with Crippen molar-refractivity contribution in [2.75, 3.05) is 23.3 Å². The fourth-order valence-electron chi connectivity index (χ4n) is 2.75. The van der Waals surface area contributed by atoms with Gasteiger partial charge < -0.3 is 10.2 Å². The maximum atomic E-state index is 12.4. The van der Waals surface area contributed by atoms with Crippen LogP contribution in [-0.2, 0) is 4.79 Å². The molecule has 4 rings (SSSR count). The van der Waals surface area contributed by atoms with Gasteiger partial charge in [-0.1, -0.05) is 11.3 Å². The lowest BCUT2D eigenvalue weighted by Crippen LogP contribution is -2.40. The number of thiazole rings is 2. The van der Waals surface area contributed by atoms with E-state index < -0.39 is 0 Å². The SMILES string of the molecule is O=C(Nc1nccs1)[C@@H]1CCCN(c2nc3cccnc3s2)C1. The molecule has 4 heterocycles. The number of amides is 1. The summed E-state index contributed by atoms with van der Waals surface area (Å²) < 4.78 is 0. The predicted molar refractivity (Wildman–Crippen MR) is 93.1 cm³/mol. The minimum absolute atomic E-state index is 0.0346. The van der Waals surface area contributed by atoms with E-state index in [9.17, 15) is 4.79 Å². The second kappa shape index (κ2) is 6.21. The van der Waals surface area contributed by atoms with Gasteiger partial charge in [0.1, 0.15) is 10.3 Å². The topological polar surface area (TPSA) is 71.0 Å². The van der Waals surface area contributed by atoms with Gasteiger partial charge in [0.15, 0.2) is 10.3 Å². The molecular weight excluding hydrogens is 330 g/mol. The number of hydrogen-bond donors (Lipinski definition) is 1. The average molecular weight is 345 g/mol. The fraction of sp³-hybridized carbons (Fsp3) is 0.333. The third-order valence-corrected chi connectivity index (χ3v) is 5.61. The Morgan fingerprint density at radius 3 is 3.13 bits per heavy atom. The van der Waals surface area contributed by atoms with E-state index in [1.165, 1.54) is 11.3 Å². The molecule has 1 atom stereocenters. The number of rotatable bonds is 3. The number of nitrogens with one attached hydrogen (secondary N) is 1. The molecule has 0 unspecified atom stereocenters. The summed E-state index contributed by atoms with van der Waals surface area (Å²) in [6.07, 6.45) is 5.36. The Hall–Kier alpha value is -2.06. The molecule has 3 aromatic rings. The lowest BCUT2D eigenvalue weighted by molar-refractivity contribution is -0.120. The van der Waals surface area contributed by atoms with Crippen molar-refractivity contribution < 1.29 is 4.79 Å². The largest absolute Gasteiger partial charge is 0.347 e. The van der Waals surface area contributed by atoms with Gasteiger partial charge >= 0.3 is 0 Å². The summed E-state index contributed by atoms with van der Waals surface area (Å²) in [6.45, 7) is 1.62. The van der Waals surface area contributed by atoms with E-state index in [4.69, 9.17) is 0 Å². The van der Waals surface area contributed by atoms with Gasteiger partial charge in [0.25, 0.3) is 0 Å². The quantitative estimate of drug-likeness (QED) is 0.790. The third-order valence-electron chi connectivity index (χ3n) is 3.88. The lowest BCUT2D eigenvalue weighted by atomic mass is 9.98. The van der Waals surface area contributed by atoms with Crippen LogP contribution in [0.4, 0.5) is 10.3 Å². The Bertz CT molecular complexity index is 783. The highest BCUT2D eigenvalue weighted by molar-refractivity contribution is 7.21. The predicted octanol–water partition coefficient (Wildman–Crippen LogP) is 3.00. The van der Waals surface area contributed by atoms with Gasteiger partial charge in [-0.2, -0.15) is 0 Å². The van der Waals surface area contributed by atoms with E-state index in [-0.39, 0.29) is 11.8 Å². The lowest BCUT2D eigenvalue weighted by Gasteiger charge is -2.31. The first-order chi connectivity index (χ1) is 11.3. The highest BCUT2D eigenvalue weighted by atomic mass is 32.1. The molecule has 1 aliphatic heterocycles. The molecule has 0 spiro atoms. The van der Waals surface area contributed by atoms with Crippen LogP contribution in [0, 0.1) is 5.92 Å². The number of pyridine rings is 1. The maximum Gasteiger partial charge on any atom is 0.231 e. The van der Waals surface area contributed by atoms with Crippen molar-refractivity contribution in [3.05, 3.63) is 29.9 Å². The molecule has 0 radical (unpaired) electrons. The number of carbonyl (C=O) groups is 1. The van der Waals surface area contributed by atoms with E-state index in [1.807, 2.05) is 17.5 Å². The highest BCUT2D eigenvalue weighted by Gasteiger charge is 2.28. The monoisotopic (exact) mass is 345 g/mol. The second-order valence-corrected chi connectivity index (χ2v) is 7.29. The minimum Gasteiger partial charge on any atom is -0.347 e. The molecule has 1 aliphatic rings. The summed E-state index contributed by atoms with van der Waals surface area (Å²) >= 11 is 3.02. The number of fused-ring (bicyclic) bond motifs is 1. The van der Waals surface area contributed by atoms with Crippen molar-refractivity contribution in [1.29, 1.82) is 0 Å². The molecule has 1 N–H and O–H groups in total. The molecule has 0 bridgehead atoms. The molecule has 1 fully saturated rings. The number of carbonyl (C=O) groups excluding carboxylic acids is 1. The van der Waals surface area contributed by atoms with Crippen LogP contribution in [0.5, 0.6) is 0 Å². The van der Waals surface area contributed by atoms with Crippen molar-refractivity contribution in [1.82, 2.24) is 15.0 Å². The minimum atomic E-state index is -0.0346. The van der Waals surface area contributed by atoms with Gasteiger partial charge in [0, 0.05) is 30.9 Å². The number of anilines is 2. The molecule has 1 saturated heterocycles. The summed E-state index contributed by atoms with van der Waals surface area (Å²) in [5.74, 6) is 0.0107. The zero-order valence-corrected chi connectivity index (χ0v) is 13.9. The van der Waals surface area contributed by atoms with Crippen molar-refractivity contribution in [3.63, 3.8) is 0 Å². The van der Waals surface area contributed by atoms with Crippen molar-refractivity contribution in [2.45, 2.75) is 12.8 Å². The summed E-state index contributed by atoms with van der Waals surface area (Å²) in [6, 6.07) is 3.87. The van der Waals surface area contributed by atoms with Gasteiger partial charge in [-0.25, -0.2) is 15.0 Å². The number of nitrogens with zero attached hydrogens (tertiary/aromatic N) is 4. The van der Waals surface area contributed by atoms with Crippen LogP contribution in [0.2, 0.25) is 0 Å². The van der Waals surface area contributed by atoms with Crippen LogP contribution in [0.15, 0.2) is 29.9 Å². The van der Waals surface area contributed by atoms with Crippen LogP contribution in [0.3, 0.4) is 0 Å². The standard InChI is InChI=1S/C15H15N5OS2/c21-12(19-14-17-6-8-22-14)10-3-2-7-20(9-10)15-18-11-4-1-5-16-13(11)23-15/h1,4-6,8,10H,2-3,7,9H2,(H,17,19,21)/t10-/m1/s1. The van der Waals surface area contributed by atoms with Crippen LogP contribution in [0.1, 0.15) is 12.8 Å². The van der Waals surface area contributed by atoms with Crippen molar-refractivity contribution >= 4 is 49.2 Å². The van der Waals surface area contributed by atoms with Crippen molar-refractivity contribution in [2.24, 2.45) is 5.92 Å². The van der Waals surface area contributed by atoms with Gasteiger partial charge in [0.2, 0.25) is 5.91 Å². The van der Waals surface area contributed by atoms with E-state index in [1.54, 1.807) is 23.7 Å². The van der Waals surface area contributed by atoms with Crippen LogP contribution < -0.4 is 10.2 Å². The molecular formula is C15H15N5OS2. The molecule has 6 nitrogen and oxygen atoms in total.